The fraction of sp³-hybridized carbons (Fsp3) is 0.316. The summed E-state index contributed by atoms with van der Waals surface area (Å²) in [4.78, 5) is 29.2. The number of nitrogens with two attached hydrogens (primary N) is 1. The topological polar surface area (TPSA) is 112 Å². The molecule has 0 saturated heterocycles. The molecular formula is C19H16ClF2N7OS. The Hall–Kier alpha value is -2.92. The third-order valence-electron chi connectivity index (χ3n) is 5.53. The highest BCUT2D eigenvalue weighted by atomic mass is 35.5. The molecule has 12 heteroatoms. The lowest BCUT2D eigenvalue weighted by Gasteiger charge is -2.28. The zero-order valence-electron chi connectivity index (χ0n) is 16.0. The number of imidazole rings is 1. The second-order valence-corrected chi connectivity index (χ2v) is 8.82. The van der Waals surface area contributed by atoms with Crippen molar-refractivity contribution < 1.29 is 13.6 Å². The van der Waals surface area contributed by atoms with Gasteiger partial charge in [-0.25, -0.2) is 18.7 Å². The maximum atomic E-state index is 13.8. The number of carbonyl (C=O) groups is 1. The van der Waals surface area contributed by atoms with Crippen molar-refractivity contribution in [1.82, 2.24) is 24.5 Å². The van der Waals surface area contributed by atoms with E-state index in [4.69, 9.17) is 17.3 Å². The van der Waals surface area contributed by atoms with Gasteiger partial charge in [0, 0.05) is 18.0 Å². The Morgan fingerprint density at radius 2 is 1.94 bits per heavy atom. The number of nitrogens with zero attached hydrogens (tertiary/aromatic N) is 5. The van der Waals surface area contributed by atoms with E-state index in [0.717, 1.165) is 30.2 Å². The zero-order chi connectivity index (χ0) is 21.7. The Morgan fingerprint density at radius 1 is 1.16 bits per heavy atom. The first-order valence-electron chi connectivity index (χ1n) is 9.61. The lowest BCUT2D eigenvalue weighted by atomic mass is 9.85. The van der Waals surface area contributed by atoms with Crippen LogP contribution >= 0.6 is 22.9 Å². The van der Waals surface area contributed by atoms with Crippen LogP contribution in [0.15, 0.2) is 18.5 Å². The second kappa shape index (κ2) is 7.65. The summed E-state index contributed by atoms with van der Waals surface area (Å²) in [7, 11) is 0. The minimum Gasteiger partial charge on any atom is -0.382 e. The van der Waals surface area contributed by atoms with Crippen molar-refractivity contribution in [3.63, 3.8) is 0 Å². The molecule has 8 nitrogen and oxygen atoms in total. The van der Waals surface area contributed by atoms with Crippen molar-refractivity contribution in [1.29, 1.82) is 0 Å². The highest BCUT2D eigenvalue weighted by Gasteiger charge is 2.29. The van der Waals surface area contributed by atoms with Crippen LogP contribution in [0.4, 0.5) is 19.7 Å². The normalized spacial score (nSPS) is 19.2. The van der Waals surface area contributed by atoms with Crippen molar-refractivity contribution in [3.8, 4) is 0 Å². The van der Waals surface area contributed by atoms with Crippen LogP contribution < -0.4 is 11.1 Å². The van der Waals surface area contributed by atoms with Crippen molar-refractivity contribution in [2.45, 2.75) is 31.7 Å². The highest BCUT2D eigenvalue weighted by molar-refractivity contribution is 7.22. The van der Waals surface area contributed by atoms with Gasteiger partial charge in [-0.15, -0.1) is 0 Å². The predicted octanol–water partition coefficient (Wildman–Crippen LogP) is 4.32. The van der Waals surface area contributed by atoms with E-state index >= 15 is 0 Å². The SMILES string of the molecule is Nc1nc(Cl)nc2c1ncn2C1CCC(C(=O)Nc2nc3c(F)cc(F)cc3s2)CC1. The summed E-state index contributed by atoms with van der Waals surface area (Å²) in [6, 6.07) is 2.09. The van der Waals surface area contributed by atoms with E-state index in [9.17, 15) is 13.6 Å². The van der Waals surface area contributed by atoms with Crippen LogP contribution in [0.5, 0.6) is 0 Å². The van der Waals surface area contributed by atoms with Crippen LogP contribution in [0.3, 0.4) is 0 Å². The number of hydrogen-bond acceptors (Lipinski definition) is 7. The smallest absolute Gasteiger partial charge is 0.229 e. The lowest BCUT2D eigenvalue weighted by molar-refractivity contribution is -0.120. The van der Waals surface area contributed by atoms with Gasteiger partial charge in [-0.05, 0) is 43.4 Å². The second-order valence-electron chi connectivity index (χ2n) is 7.45. The summed E-state index contributed by atoms with van der Waals surface area (Å²) >= 11 is 6.98. The van der Waals surface area contributed by atoms with E-state index in [1.165, 1.54) is 6.07 Å². The number of halogens is 3. The number of carbonyl (C=O) groups excluding carboxylic acids is 1. The van der Waals surface area contributed by atoms with Gasteiger partial charge < -0.3 is 15.6 Å². The summed E-state index contributed by atoms with van der Waals surface area (Å²) in [5.74, 6) is -1.57. The molecule has 0 aliphatic heterocycles. The van der Waals surface area contributed by atoms with E-state index in [2.05, 4.69) is 25.3 Å². The summed E-state index contributed by atoms with van der Waals surface area (Å²) in [5, 5.41) is 3.07. The van der Waals surface area contributed by atoms with Gasteiger partial charge in [-0.3, -0.25) is 4.79 Å². The van der Waals surface area contributed by atoms with Crippen LogP contribution in [0.2, 0.25) is 5.28 Å². The third kappa shape index (κ3) is 3.68. The molecule has 1 amide bonds. The van der Waals surface area contributed by atoms with Gasteiger partial charge in [0.15, 0.2) is 22.4 Å². The van der Waals surface area contributed by atoms with Crippen LogP contribution in [-0.2, 0) is 4.79 Å². The number of rotatable bonds is 3. The number of hydrogen-bond donors (Lipinski definition) is 2. The largest absolute Gasteiger partial charge is 0.382 e. The Balaban J connectivity index is 1.28. The Morgan fingerprint density at radius 3 is 2.71 bits per heavy atom. The van der Waals surface area contributed by atoms with Gasteiger partial charge in [0.25, 0.3) is 0 Å². The van der Waals surface area contributed by atoms with Gasteiger partial charge in [-0.1, -0.05) is 11.3 Å². The Labute approximate surface area is 183 Å². The zero-order valence-corrected chi connectivity index (χ0v) is 17.6. The molecule has 1 saturated carbocycles. The molecule has 0 atom stereocenters. The molecule has 1 aliphatic rings. The molecule has 0 unspecified atom stereocenters. The summed E-state index contributed by atoms with van der Waals surface area (Å²) < 4.78 is 29.5. The maximum absolute atomic E-state index is 13.8. The van der Waals surface area contributed by atoms with Crippen LogP contribution in [-0.4, -0.2) is 30.4 Å². The van der Waals surface area contributed by atoms with E-state index in [1.807, 2.05) is 4.57 Å². The molecule has 31 heavy (non-hydrogen) atoms. The minimum atomic E-state index is -0.746. The van der Waals surface area contributed by atoms with Crippen molar-refractivity contribution in [2.24, 2.45) is 5.92 Å². The Kier molecular flexibility index (Phi) is 4.94. The number of anilines is 2. The summed E-state index contributed by atoms with van der Waals surface area (Å²) in [6.07, 6.45) is 4.46. The molecule has 5 rings (SSSR count). The number of fused-ring (bicyclic) bond motifs is 2. The number of thiazole rings is 1. The van der Waals surface area contributed by atoms with Crippen molar-refractivity contribution >= 4 is 61.2 Å². The van der Waals surface area contributed by atoms with Gasteiger partial charge in [0.2, 0.25) is 11.2 Å². The number of nitrogens with one attached hydrogen (secondary N) is 1. The fourth-order valence-electron chi connectivity index (χ4n) is 4.01. The minimum absolute atomic E-state index is 0.0531. The molecule has 0 radical (unpaired) electrons. The van der Waals surface area contributed by atoms with E-state index < -0.39 is 11.6 Å². The van der Waals surface area contributed by atoms with Gasteiger partial charge >= 0.3 is 0 Å². The highest BCUT2D eigenvalue weighted by Crippen LogP contribution is 2.36. The first kappa shape index (κ1) is 20.0. The molecule has 1 aliphatic carbocycles. The standard InChI is InChI=1S/C19H16ClF2N7OS/c20-18-26-15(23)14-16(27-18)29(7-24-14)10-3-1-8(2-4-10)17(30)28-19-25-13-11(22)5-9(21)6-12(13)31-19/h5-8,10H,1-4H2,(H2,23,26,27)(H,25,28,30). The molecule has 3 heterocycles. The Bertz CT molecular complexity index is 1320. The first-order valence-corrected chi connectivity index (χ1v) is 10.8. The summed E-state index contributed by atoms with van der Waals surface area (Å²) in [6.45, 7) is 0. The van der Waals surface area contributed by atoms with Gasteiger partial charge in [0.05, 0.1) is 11.0 Å². The van der Waals surface area contributed by atoms with E-state index in [1.54, 1.807) is 6.33 Å². The molecule has 0 bridgehead atoms. The van der Waals surface area contributed by atoms with Crippen LogP contribution in [0, 0.1) is 17.6 Å². The van der Waals surface area contributed by atoms with Crippen molar-refractivity contribution in [3.05, 3.63) is 35.4 Å². The molecule has 1 aromatic carbocycles. The summed E-state index contributed by atoms with van der Waals surface area (Å²) in [5.41, 5.74) is 7.00. The van der Waals surface area contributed by atoms with Crippen LogP contribution in [0.25, 0.3) is 21.4 Å². The number of aromatic nitrogens is 5. The maximum Gasteiger partial charge on any atom is 0.229 e. The molecular weight excluding hydrogens is 448 g/mol. The quantitative estimate of drug-likeness (QED) is 0.437. The molecule has 4 aromatic rings. The molecule has 160 valence electrons. The third-order valence-corrected chi connectivity index (χ3v) is 6.61. The van der Waals surface area contributed by atoms with E-state index in [0.29, 0.717) is 28.7 Å². The lowest BCUT2D eigenvalue weighted by Crippen LogP contribution is -2.28. The number of nitrogen functional groups attached to an aromatic ring is 1. The molecule has 3 N–H and O–H groups in total. The van der Waals surface area contributed by atoms with E-state index in [-0.39, 0.29) is 39.6 Å². The average Bonchev–Trinajstić information content (AvgIpc) is 3.32. The number of benzene rings is 1. The van der Waals surface area contributed by atoms with Crippen LogP contribution in [0.1, 0.15) is 31.7 Å². The number of amides is 1. The first-order chi connectivity index (χ1) is 14.9. The van der Waals surface area contributed by atoms with Gasteiger partial charge in [-0.2, -0.15) is 9.97 Å². The fourth-order valence-corrected chi connectivity index (χ4v) is 5.09. The predicted molar refractivity (Wildman–Crippen MR) is 114 cm³/mol. The van der Waals surface area contributed by atoms with Crippen molar-refractivity contribution in [2.75, 3.05) is 11.1 Å². The average molecular weight is 464 g/mol. The molecule has 1 fully saturated rings. The molecule has 0 spiro atoms. The molecule has 3 aromatic heterocycles. The van der Waals surface area contributed by atoms with Gasteiger partial charge in [0.1, 0.15) is 16.9 Å². The monoisotopic (exact) mass is 463 g/mol.